The second-order valence-electron chi connectivity index (χ2n) is 4.92. The summed E-state index contributed by atoms with van der Waals surface area (Å²) in [6.07, 6.45) is 0.363. The number of nitro groups is 1. The average Bonchev–Trinajstić information content (AvgIpc) is 2.37. The van der Waals surface area contributed by atoms with Crippen molar-refractivity contribution in [1.29, 1.82) is 5.26 Å². The summed E-state index contributed by atoms with van der Waals surface area (Å²) in [6, 6.07) is 5.22. The Labute approximate surface area is 126 Å². The maximum atomic E-state index is 11.5. The Morgan fingerprint density at radius 2 is 2.10 bits per heavy atom. The molecule has 0 saturated heterocycles. The van der Waals surface area contributed by atoms with Gasteiger partial charge in [-0.1, -0.05) is 0 Å². The van der Waals surface area contributed by atoms with Crippen LogP contribution in [0.25, 0.3) is 0 Å². The first-order chi connectivity index (χ1) is 9.57. The number of nitriles is 1. The lowest BCUT2D eigenvalue weighted by atomic mass is 9.92. The largest absolute Gasteiger partial charge is 0.492 e. The minimum Gasteiger partial charge on any atom is -0.492 e. The van der Waals surface area contributed by atoms with Crippen molar-refractivity contribution in [3.63, 3.8) is 0 Å². The second-order valence-corrected chi connectivity index (χ2v) is 7.45. The topological polar surface area (TPSA) is 110 Å². The Morgan fingerprint density at radius 1 is 1.48 bits per heavy atom. The van der Waals surface area contributed by atoms with E-state index >= 15 is 0 Å². The second kappa shape index (κ2) is 6.28. The number of benzene rings is 1. The van der Waals surface area contributed by atoms with Crippen molar-refractivity contribution in [2.45, 2.75) is 25.2 Å². The minimum atomic E-state index is -4.18. The van der Waals surface area contributed by atoms with Crippen molar-refractivity contribution in [2.24, 2.45) is 5.41 Å². The fraction of sp³-hybridized carbons (Fsp3) is 0.417. The molecule has 0 radical (unpaired) electrons. The molecule has 0 aliphatic heterocycles. The average molecular weight is 333 g/mol. The van der Waals surface area contributed by atoms with Crippen LogP contribution in [-0.4, -0.2) is 19.9 Å². The van der Waals surface area contributed by atoms with E-state index in [9.17, 15) is 18.5 Å². The lowest BCUT2D eigenvalue weighted by Gasteiger charge is -2.16. The van der Waals surface area contributed by atoms with Gasteiger partial charge >= 0.3 is 0 Å². The number of nitro benzene ring substituents is 1. The Morgan fingerprint density at radius 3 is 2.57 bits per heavy atom. The van der Waals surface area contributed by atoms with Crippen molar-refractivity contribution in [3.8, 4) is 11.8 Å². The molecule has 0 aliphatic rings. The van der Waals surface area contributed by atoms with Crippen LogP contribution in [0.15, 0.2) is 23.1 Å². The van der Waals surface area contributed by atoms with E-state index in [1.165, 1.54) is 6.07 Å². The molecule has 0 fully saturated rings. The highest BCUT2D eigenvalue weighted by atomic mass is 35.7. The van der Waals surface area contributed by atoms with E-state index in [-0.39, 0.29) is 12.4 Å². The molecular weight excluding hydrogens is 320 g/mol. The van der Waals surface area contributed by atoms with E-state index in [1.807, 2.05) is 0 Å². The van der Waals surface area contributed by atoms with Gasteiger partial charge in [-0.25, -0.2) is 8.42 Å². The molecule has 0 unspecified atom stereocenters. The summed E-state index contributed by atoms with van der Waals surface area (Å²) in [5.74, 6) is -0.0793. The molecule has 0 saturated carbocycles. The van der Waals surface area contributed by atoms with Gasteiger partial charge in [0.15, 0.2) is 0 Å². The molecule has 1 aromatic carbocycles. The van der Waals surface area contributed by atoms with Crippen molar-refractivity contribution in [2.75, 3.05) is 6.61 Å². The highest BCUT2D eigenvalue weighted by Gasteiger charge is 2.22. The molecule has 0 bridgehead atoms. The highest BCUT2D eigenvalue weighted by Crippen LogP contribution is 2.31. The quantitative estimate of drug-likeness (QED) is 0.450. The van der Waals surface area contributed by atoms with Gasteiger partial charge in [0.1, 0.15) is 10.6 Å². The molecule has 9 heteroatoms. The van der Waals surface area contributed by atoms with Gasteiger partial charge in [0.2, 0.25) is 0 Å². The van der Waals surface area contributed by atoms with Gasteiger partial charge in [0, 0.05) is 22.8 Å². The third-order valence-corrected chi connectivity index (χ3v) is 4.03. The smallest absolute Gasteiger partial charge is 0.271 e. The van der Waals surface area contributed by atoms with Gasteiger partial charge in [-0.15, -0.1) is 0 Å². The number of ether oxygens (including phenoxy) is 1. The monoisotopic (exact) mass is 332 g/mol. The summed E-state index contributed by atoms with van der Waals surface area (Å²) in [7, 11) is 1.07. The highest BCUT2D eigenvalue weighted by molar-refractivity contribution is 8.13. The third-order valence-electron chi connectivity index (χ3n) is 2.69. The van der Waals surface area contributed by atoms with Crippen LogP contribution in [0.3, 0.4) is 0 Å². The fourth-order valence-electron chi connectivity index (χ4n) is 1.39. The molecule has 21 heavy (non-hydrogen) atoms. The molecule has 0 heterocycles. The molecule has 0 spiro atoms. The van der Waals surface area contributed by atoms with Crippen LogP contribution in [0.5, 0.6) is 5.75 Å². The van der Waals surface area contributed by atoms with Gasteiger partial charge in [-0.05, 0) is 26.3 Å². The SMILES string of the molecule is CC(C)(C#N)CCOc1ccc([N+](=O)[O-])cc1S(=O)(=O)Cl. The Bertz CT molecular complexity index is 694. The van der Waals surface area contributed by atoms with E-state index < -0.39 is 30.0 Å². The van der Waals surface area contributed by atoms with Gasteiger partial charge in [-0.2, -0.15) is 5.26 Å². The number of halogens is 1. The van der Waals surface area contributed by atoms with Crippen LogP contribution >= 0.6 is 10.7 Å². The van der Waals surface area contributed by atoms with E-state index in [1.54, 1.807) is 13.8 Å². The molecule has 114 valence electrons. The lowest BCUT2D eigenvalue weighted by molar-refractivity contribution is -0.385. The number of non-ortho nitro benzene ring substituents is 1. The molecule has 0 aromatic heterocycles. The van der Waals surface area contributed by atoms with E-state index in [0.29, 0.717) is 6.42 Å². The molecule has 7 nitrogen and oxygen atoms in total. The van der Waals surface area contributed by atoms with Crippen molar-refractivity contribution in [3.05, 3.63) is 28.3 Å². The van der Waals surface area contributed by atoms with Crippen LogP contribution in [0.4, 0.5) is 5.69 Å². The summed E-state index contributed by atoms with van der Waals surface area (Å²) in [6.45, 7) is 3.51. The number of rotatable bonds is 6. The molecular formula is C12H13ClN2O5S. The van der Waals surface area contributed by atoms with Gasteiger partial charge < -0.3 is 4.74 Å². The van der Waals surface area contributed by atoms with Crippen LogP contribution in [0.2, 0.25) is 0 Å². The summed E-state index contributed by atoms with van der Waals surface area (Å²) < 4.78 is 28.2. The molecule has 1 rings (SSSR count). The zero-order chi connectivity index (χ0) is 16.3. The number of hydrogen-bond acceptors (Lipinski definition) is 6. The molecule has 0 atom stereocenters. The number of hydrogen-bond donors (Lipinski definition) is 0. The predicted octanol–water partition coefficient (Wildman–Crippen LogP) is 2.84. The Balaban J connectivity index is 3.03. The zero-order valence-corrected chi connectivity index (χ0v) is 12.9. The molecule has 1 aromatic rings. The van der Waals surface area contributed by atoms with Gasteiger partial charge in [0.25, 0.3) is 14.7 Å². The van der Waals surface area contributed by atoms with Crippen LogP contribution in [0.1, 0.15) is 20.3 Å². The predicted molar refractivity (Wildman–Crippen MR) is 75.6 cm³/mol. The molecule has 0 N–H and O–H groups in total. The minimum absolute atomic E-state index is 0.0793. The first kappa shape index (κ1) is 17.2. The molecule has 0 aliphatic carbocycles. The first-order valence-electron chi connectivity index (χ1n) is 5.84. The zero-order valence-electron chi connectivity index (χ0n) is 11.4. The van der Waals surface area contributed by atoms with Crippen LogP contribution < -0.4 is 4.74 Å². The third kappa shape index (κ3) is 4.88. The molecule has 0 amide bonds. The van der Waals surface area contributed by atoms with Crippen molar-refractivity contribution >= 4 is 25.4 Å². The van der Waals surface area contributed by atoms with Crippen LogP contribution in [-0.2, 0) is 9.05 Å². The summed E-state index contributed by atoms with van der Waals surface area (Å²) in [4.78, 5) is 9.47. The Hall–Kier alpha value is -1.85. The van der Waals surface area contributed by atoms with E-state index in [0.717, 1.165) is 12.1 Å². The standard InChI is InChI=1S/C12H13ClN2O5S/c1-12(2,8-14)5-6-20-10-4-3-9(15(16)17)7-11(10)21(13,18)19/h3-4,7H,5-6H2,1-2H3. The lowest BCUT2D eigenvalue weighted by Crippen LogP contribution is -2.13. The van der Waals surface area contributed by atoms with Gasteiger partial charge in [0.05, 0.1) is 23.0 Å². The normalized spacial score (nSPS) is 11.7. The van der Waals surface area contributed by atoms with Crippen LogP contribution in [0, 0.1) is 26.9 Å². The fourth-order valence-corrected chi connectivity index (χ4v) is 2.38. The summed E-state index contributed by atoms with van der Waals surface area (Å²) >= 11 is 0. The number of nitrogens with zero attached hydrogens (tertiary/aromatic N) is 2. The van der Waals surface area contributed by atoms with E-state index in [2.05, 4.69) is 6.07 Å². The van der Waals surface area contributed by atoms with Crippen molar-refractivity contribution < 1.29 is 18.1 Å². The van der Waals surface area contributed by atoms with Crippen molar-refractivity contribution in [1.82, 2.24) is 0 Å². The Kier molecular flexibility index (Phi) is 5.15. The summed E-state index contributed by atoms with van der Waals surface area (Å²) in [5.41, 5.74) is -1.03. The summed E-state index contributed by atoms with van der Waals surface area (Å²) in [5, 5.41) is 19.5. The first-order valence-corrected chi connectivity index (χ1v) is 8.15. The van der Waals surface area contributed by atoms with Gasteiger partial charge in [-0.3, -0.25) is 10.1 Å². The van der Waals surface area contributed by atoms with E-state index in [4.69, 9.17) is 20.7 Å². The maximum absolute atomic E-state index is 11.5. The maximum Gasteiger partial charge on any atom is 0.271 e.